The SMILES string of the molecule is CC1CCCC(CNC(=O)c2cccc([N+](=O)[O-])c2O)C1. The van der Waals surface area contributed by atoms with Crippen molar-refractivity contribution in [3.8, 4) is 5.75 Å². The van der Waals surface area contributed by atoms with Crippen LogP contribution in [0.5, 0.6) is 5.75 Å². The van der Waals surface area contributed by atoms with Crippen LogP contribution in [0.2, 0.25) is 0 Å². The monoisotopic (exact) mass is 292 g/mol. The maximum Gasteiger partial charge on any atom is 0.311 e. The summed E-state index contributed by atoms with van der Waals surface area (Å²) in [5.41, 5.74) is -0.498. The van der Waals surface area contributed by atoms with E-state index in [1.54, 1.807) is 0 Å². The molecule has 1 aliphatic rings. The van der Waals surface area contributed by atoms with Crippen LogP contribution in [-0.2, 0) is 0 Å². The lowest BCUT2D eigenvalue weighted by Crippen LogP contribution is -2.31. The molecule has 1 aromatic carbocycles. The highest BCUT2D eigenvalue weighted by Gasteiger charge is 2.23. The van der Waals surface area contributed by atoms with E-state index in [4.69, 9.17) is 0 Å². The average molecular weight is 292 g/mol. The van der Waals surface area contributed by atoms with E-state index in [0.29, 0.717) is 18.4 Å². The van der Waals surface area contributed by atoms with Gasteiger partial charge in [0.15, 0.2) is 0 Å². The molecule has 1 aromatic rings. The summed E-state index contributed by atoms with van der Waals surface area (Å²) < 4.78 is 0. The van der Waals surface area contributed by atoms with Crippen molar-refractivity contribution in [3.05, 3.63) is 33.9 Å². The number of phenolic OH excluding ortho intramolecular Hbond substituents is 1. The molecule has 1 amide bonds. The van der Waals surface area contributed by atoms with Gasteiger partial charge >= 0.3 is 5.69 Å². The Balaban J connectivity index is 2.00. The first-order valence-electron chi connectivity index (χ1n) is 7.23. The van der Waals surface area contributed by atoms with Crippen molar-refractivity contribution in [2.75, 3.05) is 6.54 Å². The Labute approximate surface area is 123 Å². The van der Waals surface area contributed by atoms with Crippen LogP contribution in [0.4, 0.5) is 5.69 Å². The van der Waals surface area contributed by atoms with Crippen LogP contribution in [0.3, 0.4) is 0 Å². The Morgan fingerprint density at radius 3 is 2.90 bits per heavy atom. The van der Waals surface area contributed by atoms with Crippen molar-refractivity contribution in [2.45, 2.75) is 32.6 Å². The van der Waals surface area contributed by atoms with Gasteiger partial charge in [0.05, 0.1) is 10.5 Å². The van der Waals surface area contributed by atoms with Crippen molar-refractivity contribution < 1.29 is 14.8 Å². The van der Waals surface area contributed by atoms with Gasteiger partial charge in [-0.2, -0.15) is 0 Å². The minimum atomic E-state index is -0.699. The molecule has 0 aliphatic heterocycles. The zero-order chi connectivity index (χ0) is 15.4. The maximum atomic E-state index is 12.1. The largest absolute Gasteiger partial charge is 0.502 e. The predicted molar refractivity (Wildman–Crippen MR) is 78.2 cm³/mol. The van der Waals surface area contributed by atoms with Crippen LogP contribution in [0.1, 0.15) is 43.0 Å². The molecule has 114 valence electrons. The number of nitro benzene ring substituents is 1. The van der Waals surface area contributed by atoms with Gasteiger partial charge in [-0.1, -0.05) is 25.8 Å². The molecule has 1 aliphatic carbocycles. The number of aromatic hydroxyl groups is 1. The first kappa shape index (κ1) is 15.3. The van der Waals surface area contributed by atoms with Gasteiger partial charge in [0.2, 0.25) is 5.75 Å². The normalized spacial score (nSPS) is 21.8. The molecule has 1 fully saturated rings. The summed E-state index contributed by atoms with van der Waals surface area (Å²) in [4.78, 5) is 22.1. The molecule has 2 atom stereocenters. The molecule has 6 heteroatoms. The van der Waals surface area contributed by atoms with Crippen molar-refractivity contribution >= 4 is 11.6 Å². The van der Waals surface area contributed by atoms with Crippen LogP contribution in [0, 0.1) is 22.0 Å². The number of amides is 1. The molecule has 0 radical (unpaired) electrons. The van der Waals surface area contributed by atoms with E-state index in [1.165, 1.54) is 31.0 Å². The van der Waals surface area contributed by atoms with E-state index in [-0.39, 0.29) is 5.56 Å². The molecule has 2 N–H and O–H groups in total. The van der Waals surface area contributed by atoms with Crippen molar-refractivity contribution in [1.29, 1.82) is 0 Å². The summed E-state index contributed by atoms with van der Waals surface area (Å²) >= 11 is 0. The number of hydrogen-bond acceptors (Lipinski definition) is 4. The van der Waals surface area contributed by atoms with E-state index >= 15 is 0 Å². The van der Waals surface area contributed by atoms with Gasteiger partial charge in [0.25, 0.3) is 5.91 Å². The second kappa shape index (κ2) is 6.56. The number of rotatable bonds is 4. The number of nitro groups is 1. The molecule has 21 heavy (non-hydrogen) atoms. The van der Waals surface area contributed by atoms with E-state index in [0.717, 1.165) is 12.8 Å². The number of carbonyl (C=O) groups excluding carboxylic acids is 1. The smallest absolute Gasteiger partial charge is 0.311 e. The number of hydrogen-bond donors (Lipinski definition) is 2. The molecule has 0 bridgehead atoms. The number of carbonyl (C=O) groups is 1. The molecule has 1 saturated carbocycles. The highest BCUT2D eigenvalue weighted by Crippen LogP contribution is 2.30. The van der Waals surface area contributed by atoms with E-state index < -0.39 is 22.3 Å². The fraction of sp³-hybridized carbons (Fsp3) is 0.533. The van der Waals surface area contributed by atoms with E-state index in [9.17, 15) is 20.0 Å². The minimum Gasteiger partial charge on any atom is -0.502 e. The first-order chi connectivity index (χ1) is 9.99. The fourth-order valence-corrected chi connectivity index (χ4v) is 2.94. The molecule has 2 rings (SSSR count). The topological polar surface area (TPSA) is 92.5 Å². The van der Waals surface area contributed by atoms with Gasteiger partial charge in [-0.05, 0) is 30.7 Å². The summed E-state index contributed by atoms with van der Waals surface area (Å²) in [6.45, 7) is 2.76. The number of nitrogens with zero attached hydrogens (tertiary/aromatic N) is 1. The first-order valence-corrected chi connectivity index (χ1v) is 7.23. The molecular formula is C15H20N2O4. The van der Waals surface area contributed by atoms with Gasteiger partial charge in [-0.25, -0.2) is 0 Å². The number of phenols is 1. The minimum absolute atomic E-state index is 0.0481. The van der Waals surface area contributed by atoms with Crippen molar-refractivity contribution in [1.82, 2.24) is 5.32 Å². The molecule has 0 saturated heterocycles. The third-order valence-electron chi connectivity index (χ3n) is 4.05. The lowest BCUT2D eigenvalue weighted by molar-refractivity contribution is -0.385. The van der Waals surface area contributed by atoms with Crippen molar-refractivity contribution in [2.24, 2.45) is 11.8 Å². The molecule has 6 nitrogen and oxygen atoms in total. The Hall–Kier alpha value is -2.11. The number of para-hydroxylation sites is 1. The van der Waals surface area contributed by atoms with Crippen LogP contribution in [-0.4, -0.2) is 22.5 Å². The van der Waals surface area contributed by atoms with Crippen molar-refractivity contribution in [3.63, 3.8) is 0 Å². The molecule has 0 spiro atoms. The second-order valence-corrected chi connectivity index (χ2v) is 5.78. The quantitative estimate of drug-likeness (QED) is 0.659. The van der Waals surface area contributed by atoms with Gasteiger partial charge in [0.1, 0.15) is 0 Å². The van der Waals surface area contributed by atoms with Crippen LogP contribution < -0.4 is 5.32 Å². The summed E-state index contributed by atoms with van der Waals surface area (Å²) in [5.74, 6) is 0.0804. The average Bonchev–Trinajstić information content (AvgIpc) is 2.45. The Bertz CT molecular complexity index is 544. The lowest BCUT2D eigenvalue weighted by atomic mass is 9.82. The molecular weight excluding hydrogens is 272 g/mol. The number of benzene rings is 1. The zero-order valence-electron chi connectivity index (χ0n) is 12.0. The van der Waals surface area contributed by atoms with Gasteiger partial charge in [-0.3, -0.25) is 14.9 Å². The fourth-order valence-electron chi connectivity index (χ4n) is 2.94. The van der Waals surface area contributed by atoms with E-state index in [1.807, 2.05) is 0 Å². The second-order valence-electron chi connectivity index (χ2n) is 5.78. The zero-order valence-corrected chi connectivity index (χ0v) is 12.0. The highest BCUT2D eigenvalue weighted by atomic mass is 16.6. The van der Waals surface area contributed by atoms with Gasteiger partial charge in [0, 0.05) is 12.6 Å². The van der Waals surface area contributed by atoms with Crippen LogP contribution in [0.25, 0.3) is 0 Å². The standard InChI is InChI=1S/C15H20N2O4/c1-10-4-2-5-11(8-10)9-16-15(19)12-6-3-7-13(14(12)18)17(20)21/h3,6-7,10-11,18H,2,4-5,8-9H2,1H3,(H,16,19). The van der Waals surface area contributed by atoms with Crippen LogP contribution in [0.15, 0.2) is 18.2 Å². The third-order valence-corrected chi connectivity index (χ3v) is 4.05. The highest BCUT2D eigenvalue weighted by molar-refractivity contribution is 5.98. The van der Waals surface area contributed by atoms with Gasteiger partial charge in [-0.15, -0.1) is 0 Å². The third kappa shape index (κ3) is 3.71. The Kier molecular flexibility index (Phi) is 4.77. The Morgan fingerprint density at radius 2 is 2.24 bits per heavy atom. The summed E-state index contributed by atoms with van der Waals surface area (Å²) in [6.07, 6.45) is 4.58. The summed E-state index contributed by atoms with van der Waals surface area (Å²) in [5, 5.41) is 23.3. The van der Waals surface area contributed by atoms with E-state index in [2.05, 4.69) is 12.2 Å². The van der Waals surface area contributed by atoms with Gasteiger partial charge < -0.3 is 10.4 Å². The van der Waals surface area contributed by atoms with Crippen LogP contribution >= 0.6 is 0 Å². The molecule has 0 aromatic heterocycles. The lowest BCUT2D eigenvalue weighted by Gasteiger charge is -2.26. The molecule has 2 unspecified atom stereocenters. The predicted octanol–water partition coefficient (Wildman–Crippen LogP) is 2.86. The molecule has 0 heterocycles. The summed E-state index contributed by atoms with van der Waals surface area (Å²) in [7, 11) is 0. The maximum absolute atomic E-state index is 12.1. The Morgan fingerprint density at radius 1 is 1.48 bits per heavy atom. The summed E-state index contributed by atoms with van der Waals surface area (Å²) in [6, 6.07) is 3.96. The number of nitrogens with one attached hydrogen (secondary N) is 1.